The molecule has 3 aliphatic heterocycles. The number of hydrogen-bond donors (Lipinski definition) is 3. The first kappa shape index (κ1) is 34.0. The molecule has 0 spiro atoms. The number of halogens is 3. The molecule has 0 bridgehead atoms. The second-order valence-corrected chi connectivity index (χ2v) is 14.0. The number of likely N-dealkylation sites (tertiary alicyclic amines) is 1. The van der Waals surface area contributed by atoms with Gasteiger partial charge in [-0.2, -0.15) is 18.4 Å². The molecule has 1 aromatic carbocycles. The van der Waals surface area contributed by atoms with E-state index in [1.54, 1.807) is 36.2 Å². The van der Waals surface area contributed by atoms with Crippen LogP contribution in [0.3, 0.4) is 0 Å². The number of anilines is 3. The second-order valence-electron chi connectivity index (χ2n) is 12.9. The van der Waals surface area contributed by atoms with E-state index in [0.29, 0.717) is 46.9 Å². The average molecular weight is 717 g/mol. The van der Waals surface area contributed by atoms with Gasteiger partial charge in [-0.15, -0.1) is 0 Å². The van der Waals surface area contributed by atoms with Crippen molar-refractivity contribution in [1.29, 1.82) is 5.26 Å². The maximum atomic E-state index is 13.7. The van der Waals surface area contributed by atoms with Crippen LogP contribution >= 0.6 is 11.8 Å². The lowest BCUT2D eigenvalue weighted by Crippen LogP contribution is -2.54. The van der Waals surface area contributed by atoms with Gasteiger partial charge in [0, 0.05) is 42.7 Å². The normalized spacial score (nSPS) is 21.4. The highest BCUT2D eigenvalue weighted by Gasteiger charge is 2.47. The SMILES string of the molecule is Cc1cc(C(=O)Nc2cc(C(F)(F)F)ccn2)ccc1N1C(=O)NC2c3c1ccnc3S[C@@H]2C(=O)NC1CCCN(C(=O)/C(C#N)=C/C2CC2)C1. The number of nitrogens with one attached hydrogen (secondary N) is 3. The highest BCUT2D eigenvalue weighted by atomic mass is 32.2. The Morgan fingerprint density at radius 1 is 1.08 bits per heavy atom. The number of urea groups is 1. The predicted molar refractivity (Wildman–Crippen MR) is 180 cm³/mol. The number of thioether (sulfide) groups is 1. The van der Waals surface area contributed by atoms with E-state index in [9.17, 15) is 37.6 Å². The number of aromatic nitrogens is 2. The molecule has 5 heterocycles. The van der Waals surface area contributed by atoms with Crippen molar-refractivity contribution in [3.05, 3.63) is 82.7 Å². The number of hydrogen-bond acceptors (Lipinski definition) is 8. The van der Waals surface area contributed by atoms with Gasteiger partial charge in [0.25, 0.3) is 11.8 Å². The van der Waals surface area contributed by atoms with E-state index in [0.717, 1.165) is 31.2 Å². The molecule has 2 unspecified atom stereocenters. The Morgan fingerprint density at radius 2 is 1.86 bits per heavy atom. The Morgan fingerprint density at radius 3 is 2.59 bits per heavy atom. The molecule has 12 nitrogen and oxygen atoms in total. The smallest absolute Gasteiger partial charge is 0.351 e. The summed E-state index contributed by atoms with van der Waals surface area (Å²) in [7, 11) is 0. The van der Waals surface area contributed by atoms with Crippen molar-refractivity contribution in [2.24, 2.45) is 5.92 Å². The molecule has 262 valence electrons. The largest absolute Gasteiger partial charge is 0.416 e. The lowest BCUT2D eigenvalue weighted by atomic mass is 9.98. The van der Waals surface area contributed by atoms with Gasteiger partial charge < -0.3 is 20.9 Å². The van der Waals surface area contributed by atoms with Crippen molar-refractivity contribution in [2.75, 3.05) is 23.3 Å². The number of carbonyl (C=O) groups is 4. The molecule has 2 fully saturated rings. The topological polar surface area (TPSA) is 160 Å². The maximum Gasteiger partial charge on any atom is 0.416 e. The summed E-state index contributed by atoms with van der Waals surface area (Å²) in [5.41, 5.74) is 1.50. The zero-order valence-corrected chi connectivity index (χ0v) is 28.0. The van der Waals surface area contributed by atoms with E-state index >= 15 is 0 Å². The molecule has 0 radical (unpaired) electrons. The van der Waals surface area contributed by atoms with Gasteiger partial charge in [0.1, 0.15) is 27.7 Å². The van der Waals surface area contributed by atoms with E-state index in [2.05, 4.69) is 25.9 Å². The van der Waals surface area contributed by atoms with Crippen LogP contribution in [0.25, 0.3) is 0 Å². The van der Waals surface area contributed by atoms with Crippen molar-refractivity contribution in [1.82, 2.24) is 25.5 Å². The molecule has 3 atom stereocenters. The fourth-order valence-electron chi connectivity index (χ4n) is 6.56. The molecule has 16 heteroatoms. The summed E-state index contributed by atoms with van der Waals surface area (Å²) in [6, 6.07) is 8.28. The van der Waals surface area contributed by atoms with Gasteiger partial charge in [-0.3, -0.25) is 19.3 Å². The lowest BCUT2D eigenvalue weighted by Gasteiger charge is -2.36. The molecule has 3 N–H and O–H groups in total. The minimum Gasteiger partial charge on any atom is -0.351 e. The van der Waals surface area contributed by atoms with Gasteiger partial charge in [0.2, 0.25) is 5.91 Å². The van der Waals surface area contributed by atoms with Gasteiger partial charge in [0.05, 0.1) is 23.0 Å². The molecular weight excluding hydrogens is 685 g/mol. The van der Waals surface area contributed by atoms with Crippen molar-refractivity contribution in [3.63, 3.8) is 0 Å². The van der Waals surface area contributed by atoms with Crippen LogP contribution < -0.4 is 20.9 Å². The van der Waals surface area contributed by atoms with Gasteiger partial charge in [0.15, 0.2) is 0 Å². The Kier molecular flexibility index (Phi) is 8.92. The van der Waals surface area contributed by atoms with Crippen LogP contribution in [0.15, 0.2) is 65.5 Å². The quantitative estimate of drug-likeness (QED) is 0.217. The first-order valence-corrected chi connectivity index (χ1v) is 17.2. The summed E-state index contributed by atoms with van der Waals surface area (Å²) < 4.78 is 39.4. The number of nitriles is 1. The van der Waals surface area contributed by atoms with Crippen LogP contribution in [0.5, 0.6) is 0 Å². The number of aryl methyl sites for hydroxylation is 1. The second kappa shape index (κ2) is 13.4. The van der Waals surface area contributed by atoms with Gasteiger partial charge in [-0.1, -0.05) is 17.8 Å². The first-order valence-electron chi connectivity index (χ1n) is 16.3. The number of piperidine rings is 1. The number of alkyl halides is 3. The molecule has 1 saturated heterocycles. The molecule has 7 rings (SSSR count). The summed E-state index contributed by atoms with van der Waals surface area (Å²) in [6.07, 6.45) is 2.93. The molecule has 3 aromatic rings. The highest BCUT2D eigenvalue weighted by Crippen LogP contribution is 2.51. The van der Waals surface area contributed by atoms with Crippen molar-refractivity contribution in [3.8, 4) is 6.07 Å². The summed E-state index contributed by atoms with van der Waals surface area (Å²) >= 11 is 1.24. The van der Waals surface area contributed by atoms with Gasteiger partial charge in [-0.05, 0) is 80.5 Å². The molecule has 1 aliphatic carbocycles. The van der Waals surface area contributed by atoms with Crippen molar-refractivity contribution >= 4 is 52.7 Å². The van der Waals surface area contributed by atoms with E-state index < -0.39 is 35.0 Å². The van der Waals surface area contributed by atoms with Crippen LogP contribution in [-0.2, 0) is 15.8 Å². The zero-order valence-electron chi connectivity index (χ0n) is 27.2. The minimum absolute atomic E-state index is 0.139. The molecule has 2 aromatic heterocycles. The van der Waals surface area contributed by atoms with E-state index in [4.69, 9.17) is 0 Å². The van der Waals surface area contributed by atoms with E-state index in [1.807, 2.05) is 6.07 Å². The number of nitrogens with zero attached hydrogens (tertiary/aromatic N) is 5. The predicted octanol–water partition coefficient (Wildman–Crippen LogP) is 5.40. The highest BCUT2D eigenvalue weighted by molar-refractivity contribution is 8.01. The van der Waals surface area contributed by atoms with Crippen LogP contribution in [0, 0.1) is 24.2 Å². The number of pyridine rings is 2. The number of carbonyl (C=O) groups excluding carboxylic acids is 4. The minimum atomic E-state index is -4.60. The molecule has 1 saturated carbocycles. The molecule has 51 heavy (non-hydrogen) atoms. The number of rotatable bonds is 7. The van der Waals surface area contributed by atoms with Crippen LogP contribution in [-0.4, -0.2) is 63.0 Å². The Bertz CT molecular complexity index is 2030. The van der Waals surface area contributed by atoms with E-state index in [-0.39, 0.29) is 47.3 Å². The third-order valence-electron chi connectivity index (χ3n) is 9.22. The summed E-state index contributed by atoms with van der Waals surface area (Å²) in [5, 5.41) is 17.8. The number of amides is 5. The number of allylic oxidation sites excluding steroid dienone is 1. The fraction of sp³-hybridized carbons (Fsp3) is 0.343. The first-order chi connectivity index (χ1) is 24.4. The van der Waals surface area contributed by atoms with E-state index in [1.165, 1.54) is 28.8 Å². The monoisotopic (exact) mass is 716 g/mol. The maximum absolute atomic E-state index is 13.7. The summed E-state index contributed by atoms with van der Waals surface area (Å²) in [4.78, 5) is 64.8. The zero-order chi connectivity index (χ0) is 36.0. The molecule has 5 amide bonds. The third kappa shape index (κ3) is 6.85. The lowest BCUT2D eigenvalue weighted by molar-refractivity contribution is -0.137. The third-order valence-corrected chi connectivity index (χ3v) is 10.5. The van der Waals surface area contributed by atoms with Crippen molar-refractivity contribution in [2.45, 2.75) is 61.1 Å². The molecular formula is C35H31F3N8O4S. The van der Waals surface area contributed by atoms with Gasteiger partial charge in [-0.25, -0.2) is 14.8 Å². The Balaban J connectivity index is 1.06. The molecule has 4 aliphatic rings. The Hall–Kier alpha value is -5.43. The fourth-order valence-corrected chi connectivity index (χ4v) is 7.80. The Labute approximate surface area is 294 Å². The number of benzene rings is 1. The van der Waals surface area contributed by atoms with Crippen LogP contribution in [0.1, 0.15) is 58.8 Å². The average Bonchev–Trinajstić information content (AvgIpc) is 3.86. The van der Waals surface area contributed by atoms with Crippen LogP contribution in [0.2, 0.25) is 0 Å². The van der Waals surface area contributed by atoms with Gasteiger partial charge >= 0.3 is 12.2 Å². The van der Waals surface area contributed by atoms with Crippen molar-refractivity contribution < 1.29 is 32.3 Å². The standard InChI is InChI=1S/C35H31F3N8O4S/c1-18-13-20(30(47)43-26-15-22(8-10-40-26)35(36,37)38)6-7-24(18)46-25-9-11-41-32-27(25)28(44-34(46)50)29(51-32)31(48)42-23-3-2-12-45(17-23)33(49)21(16-39)14-19-4-5-19/h6-11,13-15,19,23,28-29H,2-5,12,17H2,1H3,(H,42,48)(H,44,50)(H,40,43,47)/b21-14+/t23?,28?,29-/m0/s1. The summed E-state index contributed by atoms with van der Waals surface area (Å²) in [6.45, 7) is 2.47. The summed E-state index contributed by atoms with van der Waals surface area (Å²) in [5.74, 6) is -1.29. The van der Waals surface area contributed by atoms with Crippen LogP contribution in [0.4, 0.5) is 35.2 Å².